The third-order valence-electron chi connectivity index (χ3n) is 5.38. The molecule has 3 aromatic rings. The van der Waals surface area contributed by atoms with Crippen molar-refractivity contribution in [2.24, 2.45) is 0 Å². The molecule has 0 fully saturated rings. The minimum absolute atomic E-state index is 0.0547. The predicted molar refractivity (Wildman–Crippen MR) is 112 cm³/mol. The van der Waals surface area contributed by atoms with E-state index in [1.165, 1.54) is 27.8 Å². The molecule has 0 aliphatic carbocycles. The van der Waals surface area contributed by atoms with E-state index in [-0.39, 0.29) is 23.2 Å². The first-order valence-electron chi connectivity index (χ1n) is 9.57. The van der Waals surface area contributed by atoms with Crippen LogP contribution in [0.4, 0.5) is 10.1 Å². The summed E-state index contributed by atoms with van der Waals surface area (Å²) in [5.41, 5.74) is 3.08. The fourth-order valence-corrected chi connectivity index (χ4v) is 6.45. The van der Waals surface area contributed by atoms with Crippen LogP contribution in [0.2, 0.25) is 0 Å². The summed E-state index contributed by atoms with van der Waals surface area (Å²) < 4.78 is 41.5. The highest BCUT2D eigenvalue weighted by molar-refractivity contribution is 7.89. The fraction of sp³-hybridized carbons (Fsp3) is 0.238. The first kappa shape index (κ1) is 19.3. The highest BCUT2D eigenvalue weighted by Gasteiger charge is 2.31. The second kappa shape index (κ2) is 7.26. The van der Waals surface area contributed by atoms with E-state index in [0.717, 1.165) is 16.1 Å². The smallest absolute Gasteiger partial charge is 0.243 e. The summed E-state index contributed by atoms with van der Waals surface area (Å²) in [6.07, 6.45) is 1.40. The number of sulfonamides is 1. The molecule has 154 valence electrons. The number of benzene rings is 2. The topological polar surface area (TPSA) is 79.4 Å². The second-order valence-electron chi connectivity index (χ2n) is 7.35. The summed E-state index contributed by atoms with van der Waals surface area (Å²) in [5, 5.41) is 3.47. The van der Waals surface area contributed by atoms with Gasteiger partial charge in [0.25, 0.3) is 0 Å². The number of fused-ring (bicyclic) bond motifs is 2. The van der Waals surface area contributed by atoms with Crippen LogP contribution in [-0.2, 0) is 34.2 Å². The Morgan fingerprint density at radius 2 is 1.97 bits per heavy atom. The van der Waals surface area contributed by atoms with Gasteiger partial charge in [-0.3, -0.25) is 4.79 Å². The summed E-state index contributed by atoms with van der Waals surface area (Å²) in [5.74, 6) is -0.380. The van der Waals surface area contributed by atoms with E-state index in [4.69, 9.17) is 0 Å². The summed E-state index contributed by atoms with van der Waals surface area (Å²) in [6.45, 7) is 0.591. The van der Waals surface area contributed by atoms with Crippen LogP contribution in [0.5, 0.6) is 0 Å². The Morgan fingerprint density at radius 3 is 2.80 bits per heavy atom. The summed E-state index contributed by atoms with van der Waals surface area (Å²) in [4.78, 5) is 17.3. The van der Waals surface area contributed by atoms with Crippen LogP contribution < -0.4 is 5.32 Å². The maximum Gasteiger partial charge on any atom is 0.243 e. The number of nitrogens with zero attached hydrogens (tertiary/aromatic N) is 2. The number of nitrogens with one attached hydrogen (secondary N) is 1. The largest absolute Gasteiger partial charge is 0.326 e. The number of aromatic nitrogens is 1. The number of hydrogen-bond acceptors (Lipinski definition) is 5. The molecule has 1 aromatic heterocycles. The number of carbonyl (C=O) groups is 1. The average Bonchev–Trinajstić information content (AvgIpc) is 3.17. The molecule has 3 heterocycles. The highest BCUT2D eigenvalue weighted by Crippen LogP contribution is 2.34. The zero-order valence-corrected chi connectivity index (χ0v) is 17.5. The summed E-state index contributed by atoms with van der Waals surface area (Å²) in [7, 11) is -3.67. The van der Waals surface area contributed by atoms with Gasteiger partial charge in [0.15, 0.2) is 0 Å². The lowest BCUT2D eigenvalue weighted by molar-refractivity contribution is -0.116. The van der Waals surface area contributed by atoms with Crippen molar-refractivity contribution in [2.75, 3.05) is 11.9 Å². The molecule has 5 rings (SSSR count). The molecule has 6 nitrogen and oxygen atoms in total. The molecule has 0 radical (unpaired) electrons. The van der Waals surface area contributed by atoms with Crippen LogP contribution in [0.15, 0.2) is 47.4 Å². The molecule has 0 spiro atoms. The molecule has 2 aromatic carbocycles. The van der Waals surface area contributed by atoms with Gasteiger partial charge in [-0.25, -0.2) is 17.8 Å². The summed E-state index contributed by atoms with van der Waals surface area (Å²) >= 11 is 1.40. The van der Waals surface area contributed by atoms with Gasteiger partial charge in [0.05, 0.1) is 17.1 Å². The summed E-state index contributed by atoms with van der Waals surface area (Å²) in [6, 6.07) is 11.1. The van der Waals surface area contributed by atoms with Crippen molar-refractivity contribution >= 4 is 33.0 Å². The van der Waals surface area contributed by atoms with E-state index in [9.17, 15) is 17.6 Å². The van der Waals surface area contributed by atoms with Gasteiger partial charge < -0.3 is 5.32 Å². The SMILES string of the molecule is O=C1CCc2cc(S(=O)(=O)N3CCc4nc(-c5cccc(F)c5)sc4C3)ccc2N1. The minimum atomic E-state index is -3.67. The first-order chi connectivity index (χ1) is 14.4. The molecular formula is C21H18FN3O3S2. The van der Waals surface area contributed by atoms with Crippen LogP contribution in [0.25, 0.3) is 10.6 Å². The zero-order chi connectivity index (χ0) is 20.9. The number of carbonyl (C=O) groups excluding carboxylic acids is 1. The van der Waals surface area contributed by atoms with Crippen LogP contribution in [0, 0.1) is 5.82 Å². The van der Waals surface area contributed by atoms with Gasteiger partial charge in [0.1, 0.15) is 10.8 Å². The monoisotopic (exact) mass is 443 g/mol. The molecule has 30 heavy (non-hydrogen) atoms. The van der Waals surface area contributed by atoms with Gasteiger partial charge in [-0.05, 0) is 42.3 Å². The van der Waals surface area contributed by atoms with E-state index in [1.807, 2.05) is 0 Å². The number of rotatable bonds is 3. The highest BCUT2D eigenvalue weighted by atomic mass is 32.2. The van der Waals surface area contributed by atoms with Gasteiger partial charge in [0.2, 0.25) is 15.9 Å². The van der Waals surface area contributed by atoms with Crippen molar-refractivity contribution in [3.05, 3.63) is 64.4 Å². The van der Waals surface area contributed by atoms with Crippen molar-refractivity contribution in [1.29, 1.82) is 0 Å². The molecule has 0 saturated carbocycles. The number of anilines is 1. The standard InChI is InChI=1S/C21H18FN3O3S2/c22-15-3-1-2-14(10-15)21-24-18-8-9-25(12-19(18)29-21)30(27,28)16-5-6-17-13(11-16)4-7-20(26)23-17/h1-3,5-6,10-11H,4,7-9,12H2,(H,23,26). The molecule has 0 unspecified atom stereocenters. The van der Waals surface area contributed by atoms with Gasteiger partial charge in [-0.1, -0.05) is 12.1 Å². The van der Waals surface area contributed by atoms with Crippen LogP contribution >= 0.6 is 11.3 Å². The predicted octanol–water partition coefficient (Wildman–Crippen LogP) is 3.58. The van der Waals surface area contributed by atoms with Crippen LogP contribution in [0.1, 0.15) is 22.6 Å². The van der Waals surface area contributed by atoms with Crippen molar-refractivity contribution in [1.82, 2.24) is 9.29 Å². The lowest BCUT2D eigenvalue weighted by Gasteiger charge is -2.26. The van der Waals surface area contributed by atoms with Gasteiger partial charge >= 0.3 is 0 Å². The van der Waals surface area contributed by atoms with E-state index in [0.29, 0.717) is 42.1 Å². The Balaban J connectivity index is 1.42. The molecule has 1 amide bonds. The average molecular weight is 444 g/mol. The molecule has 2 aliphatic rings. The maximum atomic E-state index is 13.5. The molecule has 2 aliphatic heterocycles. The van der Waals surface area contributed by atoms with Gasteiger partial charge in [-0.15, -0.1) is 11.3 Å². The molecule has 0 atom stereocenters. The number of amides is 1. The second-order valence-corrected chi connectivity index (χ2v) is 10.4. The third kappa shape index (κ3) is 3.42. The number of thiazole rings is 1. The quantitative estimate of drug-likeness (QED) is 0.671. The van der Waals surface area contributed by atoms with E-state index in [1.54, 1.807) is 30.3 Å². The van der Waals surface area contributed by atoms with Crippen LogP contribution in [-0.4, -0.2) is 30.2 Å². The van der Waals surface area contributed by atoms with E-state index in [2.05, 4.69) is 10.3 Å². The normalized spacial score (nSPS) is 16.6. The minimum Gasteiger partial charge on any atom is -0.326 e. The Kier molecular flexibility index (Phi) is 4.68. The van der Waals surface area contributed by atoms with E-state index >= 15 is 0 Å². The Labute approximate surface area is 177 Å². The van der Waals surface area contributed by atoms with Crippen molar-refractivity contribution in [3.8, 4) is 10.6 Å². The Hall–Kier alpha value is -2.62. The number of aryl methyl sites for hydroxylation is 1. The molecule has 0 bridgehead atoms. The molecule has 0 saturated heterocycles. The lowest BCUT2D eigenvalue weighted by Crippen LogP contribution is -2.35. The van der Waals surface area contributed by atoms with Gasteiger partial charge in [0, 0.05) is 35.5 Å². The number of hydrogen-bond donors (Lipinski definition) is 1. The van der Waals surface area contributed by atoms with Crippen molar-refractivity contribution < 1.29 is 17.6 Å². The fourth-order valence-electron chi connectivity index (χ4n) is 3.79. The van der Waals surface area contributed by atoms with E-state index < -0.39 is 10.0 Å². The molecule has 1 N–H and O–H groups in total. The number of halogens is 1. The zero-order valence-electron chi connectivity index (χ0n) is 15.9. The maximum absolute atomic E-state index is 13.5. The van der Waals surface area contributed by atoms with Gasteiger partial charge in [-0.2, -0.15) is 4.31 Å². The lowest BCUT2D eigenvalue weighted by atomic mass is 10.0. The first-order valence-corrected chi connectivity index (χ1v) is 11.8. The Bertz CT molecular complexity index is 1270. The molecular weight excluding hydrogens is 425 g/mol. The van der Waals surface area contributed by atoms with Crippen molar-refractivity contribution in [3.63, 3.8) is 0 Å². The Morgan fingerprint density at radius 1 is 1.10 bits per heavy atom. The molecule has 9 heteroatoms. The van der Waals surface area contributed by atoms with Crippen molar-refractivity contribution in [2.45, 2.75) is 30.7 Å². The van der Waals surface area contributed by atoms with Crippen LogP contribution in [0.3, 0.4) is 0 Å². The third-order valence-corrected chi connectivity index (χ3v) is 8.35.